The first-order chi connectivity index (χ1) is 11.6. The largest absolute Gasteiger partial charge is 0.393 e. The molecule has 0 unspecified atom stereocenters. The van der Waals surface area contributed by atoms with Crippen molar-refractivity contribution in [3.63, 3.8) is 0 Å². The fraction of sp³-hybridized carbons (Fsp3) is 0.650. The first kappa shape index (κ1) is 17.4. The quantitative estimate of drug-likeness (QED) is 0.921. The second-order valence-electron chi connectivity index (χ2n) is 7.40. The summed E-state index contributed by atoms with van der Waals surface area (Å²) in [5, 5.41) is 9.62. The Bertz CT molecular complexity index is 518. The van der Waals surface area contributed by atoms with Crippen molar-refractivity contribution in [2.45, 2.75) is 51.2 Å². The Kier molecular flexibility index (Phi) is 5.90. The lowest BCUT2D eigenvalue weighted by Gasteiger charge is -2.38. The Morgan fingerprint density at radius 2 is 1.71 bits per heavy atom. The molecule has 3 rings (SSSR count). The maximum absolute atomic E-state index is 12.8. The molecule has 132 valence electrons. The van der Waals surface area contributed by atoms with E-state index >= 15 is 0 Å². The van der Waals surface area contributed by atoms with Gasteiger partial charge in [-0.3, -0.25) is 9.69 Å². The molecule has 1 atom stereocenters. The zero-order valence-corrected chi connectivity index (χ0v) is 14.7. The van der Waals surface area contributed by atoms with Crippen LogP contribution in [-0.2, 0) is 11.2 Å². The molecule has 2 aliphatic rings. The molecular formula is C20H30N2O2. The Balaban J connectivity index is 1.46. The second-order valence-corrected chi connectivity index (χ2v) is 7.40. The van der Waals surface area contributed by atoms with E-state index in [9.17, 15) is 9.90 Å². The highest BCUT2D eigenvalue weighted by Crippen LogP contribution is 2.23. The molecule has 2 aliphatic heterocycles. The van der Waals surface area contributed by atoms with Gasteiger partial charge in [0, 0.05) is 26.2 Å². The zero-order chi connectivity index (χ0) is 16.9. The first-order valence-corrected chi connectivity index (χ1v) is 9.38. The van der Waals surface area contributed by atoms with Gasteiger partial charge in [0.15, 0.2) is 0 Å². The third-order valence-corrected chi connectivity index (χ3v) is 5.70. The average molecular weight is 330 g/mol. The lowest BCUT2D eigenvalue weighted by molar-refractivity contribution is -0.138. The van der Waals surface area contributed by atoms with Crippen LogP contribution in [0.25, 0.3) is 0 Å². The molecule has 1 N–H and O–H groups in total. The average Bonchev–Trinajstić information content (AvgIpc) is 2.63. The number of hydrogen-bond acceptors (Lipinski definition) is 3. The Morgan fingerprint density at radius 3 is 2.33 bits per heavy atom. The van der Waals surface area contributed by atoms with E-state index in [0.29, 0.717) is 5.92 Å². The van der Waals surface area contributed by atoms with Crippen LogP contribution in [0.3, 0.4) is 0 Å². The van der Waals surface area contributed by atoms with Gasteiger partial charge in [-0.1, -0.05) is 30.3 Å². The predicted molar refractivity (Wildman–Crippen MR) is 95.7 cm³/mol. The summed E-state index contributed by atoms with van der Waals surface area (Å²) in [5.41, 5.74) is 1.41. The fourth-order valence-electron chi connectivity index (χ4n) is 4.00. The molecule has 24 heavy (non-hydrogen) atoms. The van der Waals surface area contributed by atoms with Crippen LogP contribution in [0, 0.1) is 5.92 Å². The molecule has 2 heterocycles. The number of benzene rings is 1. The summed E-state index contributed by atoms with van der Waals surface area (Å²) in [6, 6.07) is 10.6. The molecule has 1 aromatic carbocycles. The second kappa shape index (κ2) is 8.13. The Morgan fingerprint density at radius 1 is 1.08 bits per heavy atom. The van der Waals surface area contributed by atoms with E-state index in [2.05, 4.69) is 40.1 Å². The molecule has 0 aliphatic carbocycles. The number of carbonyl (C=O) groups excluding carboxylic acids is 1. The molecule has 0 aromatic heterocycles. The van der Waals surface area contributed by atoms with Crippen molar-refractivity contribution >= 4 is 5.91 Å². The number of aliphatic hydroxyl groups excluding tert-OH is 1. The van der Waals surface area contributed by atoms with Crippen LogP contribution in [-0.4, -0.2) is 59.1 Å². The van der Waals surface area contributed by atoms with E-state index in [-0.39, 0.29) is 18.1 Å². The van der Waals surface area contributed by atoms with Gasteiger partial charge in [0.1, 0.15) is 0 Å². The molecule has 2 fully saturated rings. The van der Waals surface area contributed by atoms with Crippen LogP contribution in [0.2, 0.25) is 0 Å². The van der Waals surface area contributed by atoms with Crippen LogP contribution in [0.1, 0.15) is 38.2 Å². The van der Waals surface area contributed by atoms with E-state index in [1.807, 2.05) is 6.92 Å². The summed E-state index contributed by atoms with van der Waals surface area (Å²) >= 11 is 0. The van der Waals surface area contributed by atoms with Gasteiger partial charge in [0.05, 0.1) is 12.1 Å². The first-order valence-electron chi connectivity index (χ1n) is 9.38. The maximum Gasteiger partial charge on any atom is 0.239 e. The van der Waals surface area contributed by atoms with Crippen LogP contribution in [0.5, 0.6) is 0 Å². The van der Waals surface area contributed by atoms with Crippen molar-refractivity contribution in [2.24, 2.45) is 5.92 Å². The van der Waals surface area contributed by atoms with E-state index in [0.717, 1.165) is 58.3 Å². The number of piperidine rings is 2. The SMILES string of the molecule is C[C@@H](C(=O)N1CCC(Cc2ccccc2)CC1)N1CCC(O)CC1. The summed E-state index contributed by atoms with van der Waals surface area (Å²) in [7, 11) is 0. The van der Waals surface area contributed by atoms with Gasteiger partial charge in [-0.15, -0.1) is 0 Å². The number of amides is 1. The minimum absolute atomic E-state index is 0.0526. The predicted octanol–water partition coefficient (Wildman–Crippen LogP) is 2.31. The number of aliphatic hydroxyl groups is 1. The van der Waals surface area contributed by atoms with Gasteiger partial charge < -0.3 is 10.0 Å². The van der Waals surface area contributed by atoms with Gasteiger partial charge >= 0.3 is 0 Å². The van der Waals surface area contributed by atoms with E-state index in [4.69, 9.17) is 0 Å². The van der Waals surface area contributed by atoms with Crippen molar-refractivity contribution in [2.75, 3.05) is 26.2 Å². The molecule has 0 saturated carbocycles. The maximum atomic E-state index is 12.8. The Labute approximate surface area is 145 Å². The van der Waals surface area contributed by atoms with Crippen molar-refractivity contribution in [1.82, 2.24) is 9.80 Å². The highest BCUT2D eigenvalue weighted by molar-refractivity contribution is 5.81. The van der Waals surface area contributed by atoms with Crippen LogP contribution < -0.4 is 0 Å². The lowest BCUT2D eigenvalue weighted by atomic mass is 9.90. The molecule has 2 saturated heterocycles. The number of rotatable bonds is 4. The smallest absolute Gasteiger partial charge is 0.239 e. The lowest BCUT2D eigenvalue weighted by Crippen LogP contribution is -2.52. The molecule has 0 bridgehead atoms. The third-order valence-electron chi connectivity index (χ3n) is 5.70. The van der Waals surface area contributed by atoms with Gasteiger partial charge in [-0.2, -0.15) is 0 Å². The van der Waals surface area contributed by atoms with Gasteiger partial charge in [-0.25, -0.2) is 0 Å². The summed E-state index contributed by atoms with van der Waals surface area (Å²) in [6.45, 7) is 5.46. The fourth-order valence-corrected chi connectivity index (χ4v) is 4.00. The van der Waals surface area contributed by atoms with Crippen LogP contribution in [0.15, 0.2) is 30.3 Å². The minimum atomic E-state index is -0.183. The standard InChI is InChI=1S/C20H30N2O2/c1-16(21-13-9-19(23)10-14-21)20(24)22-11-7-18(8-12-22)15-17-5-3-2-4-6-17/h2-6,16,18-19,23H,7-15H2,1H3/t16-/m0/s1. The molecule has 1 amide bonds. The molecule has 1 aromatic rings. The van der Waals surface area contributed by atoms with Crippen LogP contribution >= 0.6 is 0 Å². The highest BCUT2D eigenvalue weighted by Gasteiger charge is 2.30. The van der Waals surface area contributed by atoms with Crippen molar-refractivity contribution < 1.29 is 9.90 Å². The van der Waals surface area contributed by atoms with Gasteiger partial charge in [-0.05, 0) is 50.5 Å². The molecule has 4 heteroatoms. The monoisotopic (exact) mass is 330 g/mol. The van der Waals surface area contributed by atoms with Crippen LogP contribution in [0.4, 0.5) is 0 Å². The zero-order valence-electron chi connectivity index (χ0n) is 14.7. The summed E-state index contributed by atoms with van der Waals surface area (Å²) in [5.74, 6) is 0.960. The third kappa shape index (κ3) is 4.37. The van der Waals surface area contributed by atoms with Crippen molar-refractivity contribution in [3.05, 3.63) is 35.9 Å². The van der Waals surface area contributed by atoms with Gasteiger partial charge in [0.2, 0.25) is 5.91 Å². The van der Waals surface area contributed by atoms with E-state index in [1.54, 1.807) is 0 Å². The van der Waals surface area contributed by atoms with Crippen molar-refractivity contribution in [3.8, 4) is 0 Å². The molecule has 0 spiro atoms. The molecular weight excluding hydrogens is 300 g/mol. The molecule has 0 radical (unpaired) electrons. The highest BCUT2D eigenvalue weighted by atomic mass is 16.3. The number of hydrogen-bond donors (Lipinski definition) is 1. The Hall–Kier alpha value is -1.39. The van der Waals surface area contributed by atoms with Crippen molar-refractivity contribution in [1.29, 1.82) is 0 Å². The van der Waals surface area contributed by atoms with E-state index in [1.165, 1.54) is 5.56 Å². The number of carbonyl (C=O) groups is 1. The summed E-state index contributed by atoms with van der Waals surface area (Å²) in [4.78, 5) is 17.0. The van der Waals surface area contributed by atoms with Gasteiger partial charge in [0.25, 0.3) is 0 Å². The number of likely N-dealkylation sites (tertiary alicyclic amines) is 2. The van der Waals surface area contributed by atoms with E-state index < -0.39 is 0 Å². The molecule has 4 nitrogen and oxygen atoms in total. The topological polar surface area (TPSA) is 43.8 Å². The normalized spacial score (nSPS) is 22.5. The minimum Gasteiger partial charge on any atom is -0.393 e. The number of nitrogens with zero attached hydrogens (tertiary/aromatic N) is 2. The summed E-state index contributed by atoms with van der Waals surface area (Å²) in [6.07, 6.45) is 4.73. The summed E-state index contributed by atoms with van der Waals surface area (Å²) < 4.78 is 0.